The SMILES string of the molecule is Cc1cc2c(C(N)=O)cccc2n1-c1nc(NCc2cccc(F)c2)c2c(n1)C1CCCCN1CC2. The Morgan fingerprint density at radius 3 is 2.83 bits per heavy atom. The molecule has 4 aromatic rings. The van der Waals surface area contributed by atoms with Crippen LogP contribution in [0.15, 0.2) is 48.5 Å². The molecule has 6 rings (SSSR count). The molecule has 1 fully saturated rings. The molecule has 1 unspecified atom stereocenters. The number of benzene rings is 2. The van der Waals surface area contributed by atoms with Crippen molar-refractivity contribution in [2.75, 3.05) is 18.4 Å². The summed E-state index contributed by atoms with van der Waals surface area (Å²) in [5.74, 6) is 0.644. The van der Waals surface area contributed by atoms with Crippen molar-refractivity contribution in [3.05, 3.63) is 82.4 Å². The molecule has 3 N–H and O–H groups in total. The van der Waals surface area contributed by atoms with E-state index in [2.05, 4.69) is 10.2 Å². The summed E-state index contributed by atoms with van der Waals surface area (Å²) in [7, 11) is 0. The van der Waals surface area contributed by atoms with Gasteiger partial charge in [-0.3, -0.25) is 14.3 Å². The third-order valence-corrected chi connectivity index (χ3v) is 7.45. The van der Waals surface area contributed by atoms with E-state index in [1.54, 1.807) is 18.2 Å². The molecule has 1 atom stereocenters. The summed E-state index contributed by atoms with van der Waals surface area (Å²) in [5.41, 5.74) is 11.0. The Bertz CT molecular complexity index is 1480. The molecule has 2 aromatic heterocycles. The van der Waals surface area contributed by atoms with Gasteiger partial charge < -0.3 is 11.1 Å². The van der Waals surface area contributed by atoms with E-state index in [1.165, 1.54) is 18.9 Å². The smallest absolute Gasteiger partial charge is 0.249 e. The molecule has 8 heteroatoms. The maximum Gasteiger partial charge on any atom is 0.249 e. The lowest BCUT2D eigenvalue weighted by Crippen LogP contribution is -2.40. The summed E-state index contributed by atoms with van der Waals surface area (Å²) in [6, 6.07) is 14.4. The van der Waals surface area contributed by atoms with Gasteiger partial charge in [-0.2, -0.15) is 4.98 Å². The molecular formula is C28H29FN6O. The van der Waals surface area contributed by atoms with Crippen LogP contribution in [0.25, 0.3) is 16.9 Å². The minimum Gasteiger partial charge on any atom is -0.366 e. The number of carbonyl (C=O) groups excluding carboxylic acids is 1. The van der Waals surface area contributed by atoms with Crippen molar-refractivity contribution in [3.8, 4) is 5.95 Å². The van der Waals surface area contributed by atoms with Crippen molar-refractivity contribution in [1.29, 1.82) is 0 Å². The molecule has 36 heavy (non-hydrogen) atoms. The van der Waals surface area contributed by atoms with Crippen LogP contribution in [0.1, 0.15) is 58.2 Å². The van der Waals surface area contributed by atoms with Crippen molar-refractivity contribution in [2.24, 2.45) is 5.73 Å². The van der Waals surface area contributed by atoms with E-state index < -0.39 is 5.91 Å². The highest BCUT2D eigenvalue weighted by Gasteiger charge is 2.33. The van der Waals surface area contributed by atoms with Crippen molar-refractivity contribution < 1.29 is 9.18 Å². The standard InChI is InChI=1S/C28H29FN6O/c1-17-14-22-20(26(30)36)8-5-10-23(22)35(17)28-32-25-21(11-13-34-12-3-2-9-24(25)34)27(33-28)31-16-18-6-4-7-19(29)15-18/h4-8,10,14-15,24H,2-3,9,11-13,16H2,1H3,(H2,30,36)(H,31,32,33). The summed E-state index contributed by atoms with van der Waals surface area (Å²) >= 11 is 0. The lowest BCUT2D eigenvalue weighted by Gasteiger charge is -2.40. The Morgan fingerprint density at radius 2 is 2.00 bits per heavy atom. The number of primary amides is 1. The second-order valence-electron chi connectivity index (χ2n) is 9.74. The van der Waals surface area contributed by atoms with E-state index in [4.69, 9.17) is 15.7 Å². The second-order valence-corrected chi connectivity index (χ2v) is 9.74. The fourth-order valence-electron chi connectivity index (χ4n) is 5.76. The van der Waals surface area contributed by atoms with Crippen LogP contribution in [0.4, 0.5) is 10.2 Å². The number of fused-ring (bicyclic) bond motifs is 4. The maximum absolute atomic E-state index is 13.8. The maximum atomic E-state index is 13.8. The number of nitrogens with two attached hydrogens (primary N) is 1. The predicted molar refractivity (Wildman–Crippen MR) is 138 cm³/mol. The number of piperidine rings is 1. The van der Waals surface area contributed by atoms with Gasteiger partial charge in [0.15, 0.2) is 0 Å². The molecule has 0 aliphatic carbocycles. The molecule has 1 saturated heterocycles. The first-order valence-corrected chi connectivity index (χ1v) is 12.5. The number of nitrogens with one attached hydrogen (secondary N) is 1. The van der Waals surface area contributed by atoms with E-state index in [9.17, 15) is 9.18 Å². The lowest BCUT2D eigenvalue weighted by atomic mass is 9.91. The van der Waals surface area contributed by atoms with Gasteiger partial charge in [0.1, 0.15) is 11.6 Å². The first kappa shape index (κ1) is 22.7. The fraction of sp³-hybridized carbons (Fsp3) is 0.321. The highest BCUT2D eigenvalue weighted by Crippen LogP contribution is 2.38. The average molecular weight is 485 g/mol. The minimum atomic E-state index is -0.459. The molecule has 2 aliphatic heterocycles. The topological polar surface area (TPSA) is 89.1 Å². The number of nitrogens with zero attached hydrogens (tertiary/aromatic N) is 4. The largest absolute Gasteiger partial charge is 0.366 e. The van der Waals surface area contributed by atoms with E-state index in [-0.39, 0.29) is 11.9 Å². The molecule has 1 amide bonds. The number of halogens is 1. The number of carbonyl (C=O) groups is 1. The molecule has 0 bridgehead atoms. The van der Waals surface area contributed by atoms with Crippen LogP contribution < -0.4 is 11.1 Å². The third kappa shape index (κ3) is 3.91. The molecule has 184 valence electrons. The van der Waals surface area contributed by atoms with Gasteiger partial charge in [-0.15, -0.1) is 0 Å². The Hall–Kier alpha value is -3.78. The van der Waals surface area contributed by atoms with Crippen LogP contribution in [-0.2, 0) is 13.0 Å². The summed E-state index contributed by atoms with van der Waals surface area (Å²) in [6.07, 6.45) is 4.34. The number of hydrogen-bond acceptors (Lipinski definition) is 5. The molecule has 0 radical (unpaired) electrons. The number of hydrogen-bond donors (Lipinski definition) is 2. The summed E-state index contributed by atoms with van der Waals surface area (Å²) in [6.45, 7) is 4.53. The van der Waals surface area contributed by atoms with E-state index in [0.29, 0.717) is 18.1 Å². The van der Waals surface area contributed by atoms with Crippen LogP contribution in [0, 0.1) is 12.7 Å². The summed E-state index contributed by atoms with van der Waals surface area (Å²) in [4.78, 5) is 24.7. The summed E-state index contributed by atoms with van der Waals surface area (Å²) < 4.78 is 15.8. The van der Waals surface area contributed by atoms with Gasteiger partial charge in [0.2, 0.25) is 11.9 Å². The Labute approximate surface area is 209 Å². The highest BCUT2D eigenvalue weighted by atomic mass is 19.1. The fourth-order valence-corrected chi connectivity index (χ4v) is 5.76. The van der Waals surface area contributed by atoms with Crippen molar-refractivity contribution in [2.45, 2.75) is 45.2 Å². The van der Waals surface area contributed by atoms with Gasteiger partial charge >= 0.3 is 0 Å². The number of rotatable bonds is 5. The average Bonchev–Trinajstić information content (AvgIpc) is 3.22. The van der Waals surface area contributed by atoms with Crippen LogP contribution in [-0.4, -0.2) is 38.4 Å². The van der Waals surface area contributed by atoms with Crippen LogP contribution in [0.2, 0.25) is 0 Å². The van der Waals surface area contributed by atoms with Crippen molar-refractivity contribution in [1.82, 2.24) is 19.4 Å². The lowest BCUT2D eigenvalue weighted by molar-refractivity contribution is 0.100. The third-order valence-electron chi connectivity index (χ3n) is 7.45. The van der Waals surface area contributed by atoms with E-state index in [0.717, 1.165) is 65.2 Å². The zero-order valence-corrected chi connectivity index (χ0v) is 20.3. The zero-order valence-electron chi connectivity index (χ0n) is 20.3. The zero-order chi connectivity index (χ0) is 24.8. The molecule has 0 saturated carbocycles. The second kappa shape index (κ2) is 9.02. The Morgan fingerprint density at radius 1 is 1.14 bits per heavy atom. The van der Waals surface area contributed by atoms with E-state index in [1.807, 2.05) is 35.8 Å². The molecular weight excluding hydrogens is 455 g/mol. The minimum absolute atomic E-state index is 0.253. The monoisotopic (exact) mass is 484 g/mol. The number of amides is 1. The first-order chi connectivity index (χ1) is 17.5. The molecule has 2 aromatic carbocycles. The normalized spacial score (nSPS) is 17.6. The van der Waals surface area contributed by atoms with Gasteiger partial charge in [0.25, 0.3) is 0 Å². The molecule has 7 nitrogen and oxygen atoms in total. The van der Waals surface area contributed by atoms with Gasteiger partial charge in [-0.05, 0) is 68.6 Å². The van der Waals surface area contributed by atoms with Gasteiger partial charge in [-0.1, -0.05) is 24.6 Å². The van der Waals surface area contributed by atoms with Gasteiger partial charge in [0.05, 0.1) is 17.3 Å². The predicted octanol–water partition coefficient (Wildman–Crippen LogP) is 4.66. The molecule has 4 heterocycles. The highest BCUT2D eigenvalue weighted by molar-refractivity contribution is 6.06. The first-order valence-electron chi connectivity index (χ1n) is 12.5. The quantitative estimate of drug-likeness (QED) is 0.430. The van der Waals surface area contributed by atoms with Gasteiger partial charge in [0, 0.05) is 35.3 Å². The Balaban J connectivity index is 1.49. The van der Waals surface area contributed by atoms with Crippen LogP contribution in [0.3, 0.4) is 0 Å². The number of aryl methyl sites for hydroxylation is 1. The summed E-state index contributed by atoms with van der Waals surface area (Å²) in [5, 5.41) is 4.28. The molecule has 0 spiro atoms. The number of anilines is 1. The van der Waals surface area contributed by atoms with E-state index >= 15 is 0 Å². The Kier molecular flexibility index (Phi) is 5.68. The van der Waals surface area contributed by atoms with Crippen LogP contribution >= 0.6 is 0 Å². The number of aromatic nitrogens is 3. The van der Waals surface area contributed by atoms with Gasteiger partial charge in [-0.25, -0.2) is 9.37 Å². The van der Waals surface area contributed by atoms with Crippen LogP contribution in [0.5, 0.6) is 0 Å². The van der Waals surface area contributed by atoms with Crippen molar-refractivity contribution >= 4 is 22.6 Å². The van der Waals surface area contributed by atoms with Crippen molar-refractivity contribution in [3.63, 3.8) is 0 Å². The molecule has 2 aliphatic rings.